The molecule has 0 atom stereocenters. The number of carbonyl (C=O) groups excluding carboxylic acids is 3. The zero-order chi connectivity index (χ0) is 39.7. The summed E-state index contributed by atoms with van der Waals surface area (Å²) < 4.78 is 48.0. The Morgan fingerprint density at radius 2 is 1.68 bits per heavy atom. The molecule has 1 aromatic carbocycles. The molecular weight excluding hydrogens is 696 g/mol. The van der Waals surface area contributed by atoms with Crippen LogP contribution in [0.1, 0.15) is 109 Å². The molecule has 0 spiro atoms. The number of alkyl carbamates (subject to hydrolysis) is 1. The molecule has 2 heterocycles. The fraction of sp³-hybridized carbons (Fsp3) is 0.595. The van der Waals surface area contributed by atoms with Crippen molar-refractivity contribution in [2.24, 2.45) is 5.73 Å². The zero-order valence-electron chi connectivity index (χ0n) is 31.7. The Balaban J connectivity index is 0.000000846. The number of methoxy groups -OCH3 is 1. The number of pyridine rings is 1. The van der Waals surface area contributed by atoms with Crippen molar-refractivity contribution in [1.82, 2.24) is 15.2 Å². The Morgan fingerprint density at radius 3 is 2.23 bits per heavy atom. The zero-order valence-corrected chi connectivity index (χ0v) is 31.7. The van der Waals surface area contributed by atoms with Gasteiger partial charge in [0.1, 0.15) is 28.3 Å². The van der Waals surface area contributed by atoms with Gasteiger partial charge in [-0.3, -0.25) is 9.59 Å². The van der Waals surface area contributed by atoms with Gasteiger partial charge < -0.3 is 45.2 Å². The summed E-state index contributed by atoms with van der Waals surface area (Å²) in [5.41, 5.74) is 3.29. The van der Waals surface area contributed by atoms with Gasteiger partial charge >= 0.3 is 18.2 Å². The van der Waals surface area contributed by atoms with Gasteiger partial charge in [-0.2, -0.15) is 0 Å². The first kappa shape index (κ1) is 42.5. The number of nitrogens with one attached hydrogen (secondary N) is 2. The van der Waals surface area contributed by atoms with Crippen LogP contribution in [0, 0.1) is 5.82 Å². The summed E-state index contributed by atoms with van der Waals surface area (Å²) in [5, 5.41) is 14.7. The molecule has 2 aliphatic rings. The van der Waals surface area contributed by atoms with Crippen molar-refractivity contribution in [2.75, 3.05) is 38.2 Å². The number of piperidine rings is 1. The number of fused-ring (bicyclic) bond motifs is 1. The smallest absolute Gasteiger partial charge is 0.407 e. The highest BCUT2D eigenvalue weighted by atomic mass is 19.1. The summed E-state index contributed by atoms with van der Waals surface area (Å²) in [4.78, 5) is 60.4. The number of ether oxygens (including phenoxy) is 3. The topological polar surface area (TPSA) is 192 Å². The number of rotatable bonds is 12. The van der Waals surface area contributed by atoms with Crippen molar-refractivity contribution in [2.45, 2.75) is 110 Å². The van der Waals surface area contributed by atoms with Gasteiger partial charge in [0.15, 0.2) is 11.6 Å². The second kappa shape index (κ2) is 18.2. The number of anilines is 1. The van der Waals surface area contributed by atoms with Crippen molar-refractivity contribution in [1.29, 1.82) is 0 Å². The minimum Gasteiger partial charge on any atom is -0.492 e. The molecule has 1 saturated heterocycles. The number of aromatic carboxylic acids is 1. The van der Waals surface area contributed by atoms with E-state index in [2.05, 4.69) is 15.4 Å². The number of carbonyl (C=O) groups is 4. The van der Waals surface area contributed by atoms with Gasteiger partial charge in [-0.25, -0.2) is 23.2 Å². The molecule has 14 nitrogen and oxygen atoms in total. The average molecular weight is 750 g/mol. The Kier molecular flexibility index (Phi) is 14.6. The van der Waals surface area contributed by atoms with E-state index < -0.39 is 52.0 Å². The predicted molar refractivity (Wildman–Crippen MR) is 196 cm³/mol. The molecule has 5 N–H and O–H groups in total. The normalized spacial score (nSPS) is 15.5. The number of hydrogen-bond donors (Lipinski definition) is 4. The Hall–Kier alpha value is -4.89. The maximum Gasteiger partial charge on any atom is 0.407 e. The maximum atomic E-state index is 15.7. The van der Waals surface area contributed by atoms with Crippen LogP contribution in [0.25, 0.3) is 10.9 Å². The van der Waals surface area contributed by atoms with E-state index in [1.807, 2.05) is 0 Å². The molecule has 2 fully saturated rings. The van der Waals surface area contributed by atoms with Crippen LogP contribution in [0.15, 0.2) is 28.5 Å². The molecule has 0 unspecified atom stereocenters. The third-order valence-electron chi connectivity index (χ3n) is 8.16. The summed E-state index contributed by atoms with van der Waals surface area (Å²) in [6.07, 6.45) is 4.79. The van der Waals surface area contributed by atoms with Crippen LogP contribution in [-0.4, -0.2) is 78.2 Å². The van der Waals surface area contributed by atoms with Crippen LogP contribution in [0.2, 0.25) is 0 Å². The highest BCUT2D eigenvalue weighted by Gasteiger charge is 2.32. The highest BCUT2D eigenvalue weighted by molar-refractivity contribution is 5.97. The summed E-state index contributed by atoms with van der Waals surface area (Å²) in [6.45, 7) is 11.3. The third-order valence-corrected chi connectivity index (χ3v) is 8.16. The first-order valence-electron chi connectivity index (χ1n) is 17.7. The van der Waals surface area contributed by atoms with Gasteiger partial charge in [0, 0.05) is 38.3 Å². The summed E-state index contributed by atoms with van der Waals surface area (Å²) in [5.74, 6) is -2.84. The fourth-order valence-corrected chi connectivity index (χ4v) is 5.79. The van der Waals surface area contributed by atoms with Gasteiger partial charge in [-0.15, -0.1) is 0 Å². The van der Waals surface area contributed by atoms with E-state index in [0.29, 0.717) is 56.3 Å². The molecule has 4 rings (SSSR count). The number of benzene rings is 1. The van der Waals surface area contributed by atoms with Gasteiger partial charge in [0.05, 0.1) is 24.6 Å². The molecule has 3 amide bonds. The molecule has 1 aliphatic carbocycles. The van der Waals surface area contributed by atoms with Crippen molar-refractivity contribution >= 4 is 40.7 Å². The molecular formula is C37H53F2N5O9. The van der Waals surface area contributed by atoms with Crippen molar-refractivity contribution in [3.05, 3.63) is 45.3 Å². The SMILES string of the molecule is CC(C)(C)OC(N)=O.COc1c(N2CCC/C(=C(\F)CNC(=O)CCCCCNC(=O)OC(C)(C)C)C2)c(F)cc2c(=O)c(C(=O)O)cn(C3CC3)c12. The number of halogens is 2. The lowest BCUT2D eigenvalue weighted by atomic mass is 10.0. The lowest BCUT2D eigenvalue weighted by Crippen LogP contribution is -2.34. The lowest BCUT2D eigenvalue weighted by Gasteiger charge is -2.33. The van der Waals surface area contributed by atoms with Crippen molar-refractivity contribution in [3.63, 3.8) is 0 Å². The number of aromatic nitrogens is 1. The summed E-state index contributed by atoms with van der Waals surface area (Å²) in [7, 11) is 1.36. The molecule has 1 aliphatic heterocycles. The number of unbranched alkanes of at least 4 members (excludes halogenated alkanes) is 2. The monoisotopic (exact) mass is 749 g/mol. The fourth-order valence-electron chi connectivity index (χ4n) is 5.79. The number of hydrogen-bond acceptors (Lipinski definition) is 9. The first-order valence-corrected chi connectivity index (χ1v) is 17.7. The van der Waals surface area contributed by atoms with E-state index in [1.54, 1.807) is 51.0 Å². The number of primary amides is 1. The van der Waals surface area contributed by atoms with Crippen LogP contribution in [0.5, 0.6) is 5.75 Å². The van der Waals surface area contributed by atoms with Gasteiger partial charge in [0.2, 0.25) is 11.3 Å². The summed E-state index contributed by atoms with van der Waals surface area (Å²) in [6, 6.07) is 1.01. The number of nitrogens with zero attached hydrogens (tertiary/aromatic N) is 2. The van der Waals surface area contributed by atoms with Crippen LogP contribution < -0.4 is 31.4 Å². The molecule has 294 valence electrons. The van der Waals surface area contributed by atoms with Gasteiger partial charge in [-0.05, 0) is 91.7 Å². The van der Waals surface area contributed by atoms with Crippen LogP contribution >= 0.6 is 0 Å². The second-order valence-corrected chi connectivity index (χ2v) is 15.0. The predicted octanol–water partition coefficient (Wildman–Crippen LogP) is 6.09. The van der Waals surface area contributed by atoms with Crippen LogP contribution in [0.3, 0.4) is 0 Å². The largest absolute Gasteiger partial charge is 0.492 e. The van der Waals surface area contributed by atoms with E-state index in [9.17, 15) is 29.1 Å². The standard InChI is InChI=1S/C32H42F2N4O7.C5H11NO2/c1-32(2,3)45-31(43)35-13-7-5-6-10-25(39)36-16-24(34)19-9-8-14-37(17-19)27-23(33)15-21-26(29(27)44-4)38(20-11-12-20)18-22(28(21)40)30(41)42;1-5(2,3)8-4(6)7/h15,18,20H,5-14,16-17H2,1-4H3,(H,35,43)(H,36,39)(H,41,42);1-3H3,(H2,6,7)/b24-19+;. The Morgan fingerprint density at radius 1 is 1.02 bits per heavy atom. The molecule has 1 saturated carbocycles. The van der Waals surface area contributed by atoms with Crippen molar-refractivity contribution < 1.29 is 47.3 Å². The molecule has 0 bridgehead atoms. The molecule has 53 heavy (non-hydrogen) atoms. The molecule has 2 aromatic rings. The first-order chi connectivity index (χ1) is 24.7. The van der Waals surface area contributed by atoms with E-state index in [1.165, 1.54) is 13.3 Å². The Bertz CT molecular complexity index is 1760. The minimum atomic E-state index is -1.39. The maximum absolute atomic E-state index is 15.7. The molecule has 0 radical (unpaired) electrons. The van der Waals surface area contributed by atoms with Gasteiger partial charge in [-0.1, -0.05) is 6.42 Å². The number of nitrogens with two attached hydrogens (primary N) is 1. The van der Waals surface area contributed by atoms with Crippen LogP contribution in [0.4, 0.5) is 24.1 Å². The Labute approximate surface area is 308 Å². The molecule has 1 aromatic heterocycles. The third kappa shape index (κ3) is 12.9. The molecule has 16 heteroatoms. The van der Waals surface area contributed by atoms with E-state index in [-0.39, 0.29) is 48.3 Å². The van der Waals surface area contributed by atoms with Crippen molar-refractivity contribution in [3.8, 4) is 5.75 Å². The van der Waals surface area contributed by atoms with E-state index in [4.69, 9.17) is 15.2 Å². The van der Waals surface area contributed by atoms with E-state index >= 15 is 8.78 Å². The van der Waals surface area contributed by atoms with Crippen LogP contribution in [-0.2, 0) is 14.3 Å². The lowest BCUT2D eigenvalue weighted by molar-refractivity contribution is -0.121. The number of amides is 3. The minimum absolute atomic E-state index is 0.0369. The second-order valence-electron chi connectivity index (χ2n) is 15.0. The number of carboxylic acid groups (broad SMARTS) is 1. The van der Waals surface area contributed by atoms with E-state index in [0.717, 1.165) is 18.9 Å². The average Bonchev–Trinajstić information content (AvgIpc) is 3.89. The van der Waals surface area contributed by atoms with Gasteiger partial charge in [0.25, 0.3) is 0 Å². The quantitative estimate of drug-likeness (QED) is 0.185. The number of carboxylic acids is 1. The highest BCUT2D eigenvalue weighted by Crippen LogP contribution is 2.44. The summed E-state index contributed by atoms with van der Waals surface area (Å²) >= 11 is 0.